The average molecular weight is 719 g/mol. The Morgan fingerprint density at radius 2 is 0.764 bits per heavy atom. The van der Waals surface area contributed by atoms with E-state index < -0.39 is 0 Å². The normalized spacial score (nSPS) is 11.3. The number of rotatable bonds is 7. The quantitative estimate of drug-likeness (QED) is 0.164. The first-order valence-electron chi connectivity index (χ1n) is 18.6. The molecule has 0 N–H and O–H groups in total. The highest BCUT2D eigenvalue weighted by molar-refractivity contribution is 7.25. The summed E-state index contributed by atoms with van der Waals surface area (Å²) in [4.78, 5) is 10.6. The van der Waals surface area contributed by atoms with Crippen LogP contribution in [0.4, 0.5) is 0 Å². The van der Waals surface area contributed by atoms with Crippen LogP contribution < -0.4 is 0 Å². The summed E-state index contributed by atoms with van der Waals surface area (Å²) in [6, 6.07) is 73.5. The average Bonchev–Trinajstić information content (AvgIpc) is 3.65. The SMILES string of the molecule is c1ccc(-c2cccc(-c3cc(-c4ccc5sc6ccccc6c5c4)cc(-c4cc(-c5ccccc5)nc(-c5ccccc5-c5ccccc5)n4)c3)c2)cc1. The third kappa shape index (κ3) is 6.41. The molecule has 0 aliphatic carbocycles. The molecule has 0 aliphatic heterocycles. The Bertz CT molecular complexity index is 2970. The number of aromatic nitrogens is 2. The molecule has 10 rings (SSSR count). The summed E-state index contributed by atoms with van der Waals surface area (Å²) in [6.07, 6.45) is 0. The Morgan fingerprint density at radius 1 is 0.273 bits per heavy atom. The van der Waals surface area contributed by atoms with Gasteiger partial charge in [-0.1, -0.05) is 158 Å². The summed E-state index contributed by atoms with van der Waals surface area (Å²) in [7, 11) is 0. The minimum Gasteiger partial charge on any atom is -0.228 e. The zero-order valence-corrected chi connectivity index (χ0v) is 30.7. The first kappa shape index (κ1) is 32.7. The maximum atomic E-state index is 5.39. The fourth-order valence-corrected chi connectivity index (χ4v) is 8.63. The van der Waals surface area contributed by atoms with Gasteiger partial charge in [0, 0.05) is 36.9 Å². The zero-order chi connectivity index (χ0) is 36.6. The van der Waals surface area contributed by atoms with E-state index in [0.29, 0.717) is 5.82 Å². The second kappa shape index (κ2) is 14.1. The van der Waals surface area contributed by atoms with Gasteiger partial charge >= 0.3 is 0 Å². The van der Waals surface area contributed by atoms with E-state index in [0.717, 1.165) is 55.9 Å². The minimum absolute atomic E-state index is 0.694. The van der Waals surface area contributed by atoms with Crippen molar-refractivity contribution >= 4 is 31.5 Å². The molecule has 0 fully saturated rings. The first-order chi connectivity index (χ1) is 27.2. The van der Waals surface area contributed by atoms with Crippen molar-refractivity contribution in [3.8, 4) is 78.4 Å². The van der Waals surface area contributed by atoms with Crippen LogP contribution in [-0.2, 0) is 0 Å². The third-order valence-electron chi connectivity index (χ3n) is 10.3. The van der Waals surface area contributed by atoms with Crippen molar-refractivity contribution in [3.05, 3.63) is 206 Å². The molecule has 3 heteroatoms. The molecule has 0 aliphatic rings. The van der Waals surface area contributed by atoms with Crippen LogP contribution in [0.3, 0.4) is 0 Å². The van der Waals surface area contributed by atoms with Crippen molar-refractivity contribution in [1.29, 1.82) is 0 Å². The van der Waals surface area contributed by atoms with Gasteiger partial charge < -0.3 is 0 Å². The number of nitrogens with zero attached hydrogens (tertiary/aromatic N) is 2. The molecule has 0 spiro atoms. The molecule has 0 saturated carbocycles. The second-order valence-corrected chi connectivity index (χ2v) is 14.9. The maximum absolute atomic E-state index is 5.39. The van der Waals surface area contributed by atoms with E-state index in [4.69, 9.17) is 9.97 Å². The standard InChI is InChI=1S/C52H34N2S/c1-4-15-35(16-5-1)38-21-14-22-39(29-38)41-30-42(40-27-28-51-47(33-40)45-24-12-13-26-50(45)55-51)32-43(31-41)49-34-48(37-19-8-3-9-20-37)53-52(54-49)46-25-11-10-23-44(46)36-17-6-2-7-18-36/h1-34H. The van der Waals surface area contributed by atoms with Gasteiger partial charge in [-0.3, -0.25) is 0 Å². The summed E-state index contributed by atoms with van der Waals surface area (Å²) in [6.45, 7) is 0. The molecule has 0 bridgehead atoms. The number of thiophene rings is 1. The van der Waals surface area contributed by atoms with Crippen LogP contribution in [0.2, 0.25) is 0 Å². The maximum Gasteiger partial charge on any atom is 0.161 e. The lowest BCUT2D eigenvalue weighted by molar-refractivity contribution is 1.18. The van der Waals surface area contributed by atoms with Crippen molar-refractivity contribution in [2.45, 2.75) is 0 Å². The summed E-state index contributed by atoms with van der Waals surface area (Å²) >= 11 is 1.85. The van der Waals surface area contributed by atoms with E-state index >= 15 is 0 Å². The lowest BCUT2D eigenvalue weighted by Crippen LogP contribution is -1.98. The summed E-state index contributed by atoms with van der Waals surface area (Å²) in [5.41, 5.74) is 14.0. The van der Waals surface area contributed by atoms with Crippen molar-refractivity contribution in [3.63, 3.8) is 0 Å². The second-order valence-electron chi connectivity index (χ2n) is 13.8. The van der Waals surface area contributed by atoms with Gasteiger partial charge in [-0.2, -0.15) is 0 Å². The molecule has 2 nitrogen and oxygen atoms in total. The topological polar surface area (TPSA) is 25.8 Å². The van der Waals surface area contributed by atoms with Gasteiger partial charge in [-0.15, -0.1) is 11.3 Å². The highest BCUT2D eigenvalue weighted by atomic mass is 32.1. The van der Waals surface area contributed by atoms with Gasteiger partial charge in [-0.25, -0.2) is 9.97 Å². The fourth-order valence-electron chi connectivity index (χ4n) is 7.54. The molecule has 0 radical (unpaired) electrons. The molecule has 0 unspecified atom stereocenters. The molecule has 55 heavy (non-hydrogen) atoms. The van der Waals surface area contributed by atoms with Crippen LogP contribution in [0, 0.1) is 0 Å². The van der Waals surface area contributed by atoms with Crippen molar-refractivity contribution in [2.75, 3.05) is 0 Å². The van der Waals surface area contributed by atoms with Crippen molar-refractivity contribution < 1.29 is 0 Å². The molecule has 10 aromatic rings. The summed E-state index contributed by atoms with van der Waals surface area (Å²) in [5.74, 6) is 0.694. The molecule has 2 aromatic heterocycles. The Balaban J connectivity index is 1.20. The Labute approximate surface area is 324 Å². The summed E-state index contributed by atoms with van der Waals surface area (Å²) in [5, 5.41) is 2.57. The number of hydrogen-bond donors (Lipinski definition) is 0. The highest BCUT2D eigenvalue weighted by Gasteiger charge is 2.17. The van der Waals surface area contributed by atoms with Gasteiger partial charge in [-0.05, 0) is 93.0 Å². The minimum atomic E-state index is 0.694. The predicted molar refractivity (Wildman–Crippen MR) is 233 cm³/mol. The Hall–Kier alpha value is -6.94. The van der Waals surface area contributed by atoms with E-state index in [9.17, 15) is 0 Å². The lowest BCUT2D eigenvalue weighted by atomic mass is 9.92. The highest BCUT2D eigenvalue weighted by Crippen LogP contribution is 2.40. The molecule has 0 atom stereocenters. The fraction of sp³-hybridized carbons (Fsp3) is 0. The predicted octanol–water partition coefficient (Wildman–Crippen LogP) is 14.5. The first-order valence-corrected chi connectivity index (χ1v) is 19.4. The van der Waals surface area contributed by atoms with Gasteiger partial charge in [0.25, 0.3) is 0 Å². The monoisotopic (exact) mass is 718 g/mol. The summed E-state index contributed by atoms with van der Waals surface area (Å²) < 4.78 is 2.60. The Kier molecular flexibility index (Phi) is 8.40. The molecule has 258 valence electrons. The van der Waals surface area contributed by atoms with Gasteiger partial charge in [0.05, 0.1) is 11.4 Å². The van der Waals surface area contributed by atoms with Crippen LogP contribution in [0.5, 0.6) is 0 Å². The molecule has 0 saturated heterocycles. The van der Waals surface area contributed by atoms with Gasteiger partial charge in [0.2, 0.25) is 0 Å². The largest absolute Gasteiger partial charge is 0.228 e. The molecule has 8 aromatic carbocycles. The van der Waals surface area contributed by atoms with Gasteiger partial charge in [0.15, 0.2) is 5.82 Å². The smallest absolute Gasteiger partial charge is 0.161 e. The number of benzene rings is 8. The van der Waals surface area contributed by atoms with Crippen LogP contribution in [0.15, 0.2) is 206 Å². The van der Waals surface area contributed by atoms with Crippen LogP contribution in [-0.4, -0.2) is 9.97 Å². The van der Waals surface area contributed by atoms with E-state index in [2.05, 4.69) is 200 Å². The van der Waals surface area contributed by atoms with Gasteiger partial charge in [0.1, 0.15) is 0 Å². The third-order valence-corrected chi connectivity index (χ3v) is 11.4. The molecule has 2 heterocycles. The Morgan fingerprint density at radius 3 is 1.49 bits per heavy atom. The molecular formula is C52H34N2S. The lowest BCUT2D eigenvalue weighted by Gasteiger charge is -2.15. The van der Waals surface area contributed by atoms with E-state index in [1.165, 1.54) is 36.9 Å². The van der Waals surface area contributed by atoms with E-state index in [-0.39, 0.29) is 0 Å². The van der Waals surface area contributed by atoms with Crippen molar-refractivity contribution in [1.82, 2.24) is 9.97 Å². The number of hydrogen-bond acceptors (Lipinski definition) is 3. The molecule has 0 amide bonds. The number of fused-ring (bicyclic) bond motifs is 3. The zero-order valence-electron chi connectivity index (χ0n) is 29.9. The van der Waals surface area contributed by atoms with Crippen molar-refractivity contribution in [2.24, 2.45) is 0 Å². The molecular weight excluding hydrogens is 685 g/mol. The van der Waals surface area contributed by atoms with Crippen LogP contribution in [0.25, 0.3) is 98.6 Å². The van der Waals surface area contributed by atoms with Crippen LogP contribution in [0.1, 0.15) is 0 Å². The van der Waals surface area contributed by atoms with Crippen LogP contribution >= 0.6 is 11.3 Å². The van der Waals surface area contributed by atoms with E-state index in [1.54, 1.807) is 0 Å². The van der Waals surface area contributed by atoms with E-state index in [1.807, 2.05) is 17.4 Å².